The molecule has 0 radical (unpaired) electrons. The first-order valence-corrected chi connectivity index (χ1v) is 11.3. The molecule has 1 aromatic carbocycles. The molecule has 0 atom stereocenters. The summed E-state index contributed by atoms with van der Waals surface area (Å²) in [7, 11) is -3.80. The summed E-state index contributed by atoms with van der Waals surface area (Å²) in [6, 6.07) is 9.06. The zero-order valence-corrected chi connectivity index (χ0v) is 18.1. The molecule has 0 saturated carbocycles. The van der Waals surface area contributed by atoms with E-state index in [2.05, 4.69) is 5.32 Å². The van der Waals surface area contributed by atoms with Crippen molar-refractivity contribution in [3.8, 4) is 11.3 Å². The Hall–Kier alpha value is -3.00. The van der Waals surface area contributed by atoms with Crippen molar-refractivity contribution in [1.29, 1.82) is 0 Å². The third kappa shape index (κ3) is 5.58. The van der Waals surface area contributed by atoms with Crippen molar-refractivity contribution in [1.82, 2.24) is 10.2 Å². The second kappa shape index (κ2) is 9.01. The summed E-state index contributed by atoms with van der Waals surface area (Å²) in [5, 5.41) is 15.8. The quantitative estimate of drug-likeness (QED) is 0.387. The topological polar surface area (TPSA) is 160 Å². The molecule has 1 aliphatic rings. The van der Waals surface area contributed by atoms with Crippen molar-refractivity contribution in [2.24, 2.45) is 5.14 Å². The van der Waals surface area contributed by atoms with Crippen LogP contribution in [0.5, 0.6) is 0 Å². The lowest BCUT2D eigenvalue weighted by atomic mass is 10.2. The maximum absolute atomic E-state index is 12.5. The van der Waals surface area contributed by atoms with Gasteiger partial charge in [0.15, 0.2) is 0 Å². The van der Waals surface area contributed by atoms with Crippen LogP contribution in [0.15, 0.2) is 50.6 Å². The predicted molar refractivity (Wildman–Crippen MR) is 116 cm³/mol. The maximum atomic E-state index is 12.5. The van der Waals surface area contributed by atoms with Crippen LogP contribution in [0.4, 0.5) is 0 Å². The Balaban J connectivity index is 1.72. The Morgan fingerprint density at radius 1 is 1.23 bits per heavy atom. The van der Waals surface area contributed by atoms with Crippen molar-refractivity contribution >= 4 is 62.2 Å². The second-order valence-corrected chi connectivity index (χ2v) is 9.45. The van der Waals surface area contributed by atoms with Gasteiger partial charge in [-0.3, -0.25) is 19.3 Å². The normalized spacial score (nSPS) is 15.5. The van der Waals surface area contributed by atoms with E-state index in [1.165, 1.54) is 30.3 Å². The number of sulfonamides is 1. The van der Waals surface area contributed by atoms with Crippen LogP contribution in [0, 0.1) is 0 Å². The summed E-state index contributed by atoms with van der Waals surface area (Å²) in [6.45, 7) is -0.952. The number of nitrogens with one attached hydrogen (secondary N) is 1. The molecule has 0 bridgehead atoms. The highest BCUT2D eigenvalue weighted by molar-refractivity contribution is 8.26. The van der Waals surface area contributed by atoms with Crippen molar-refractivity contribution in [2.75, 3.05) is 13.1 Å². The summed E-state index contributed by atoms with van der Waals surface area (Å²) in [4.78, 5) is 36.1. The standard InChI is InChI=1S/C18H15N3O7S3/c19-31(26,27)12-4-1-10(2-5-12)13-6-3-11(28-13)7-14-17(25)21(18(29)30-14)9-15(22)20-8-16(23)24/h1-7H,8-9H2,(H,20,22)(H,23,24)(H2,19,26,27)/b14-7+. The van der Waals surface area contributed by atoms with Crippen molar-refractivity contribution in [2.45, 2.75) is 4.90 Å². The van der Waals surface area contributed by atoms with Crippen LogP contribution in [0.2, 0.25) is 0 Å². The minimum absolute atomic E-state index is 0.0286. The van der Waals surface area contributed by atoms with Gasteiger partial charge in [0.25, 0.3) is 5.91 Å². The van der Waals surface area contributed by atoms with E-state index in [1.54, 1.807) is 12.1 Å². The van der Waals surface area contributed by atoms with Crippen LogP contribution in [0.25, 0.3) is 17.4 Å². The Labute approximate surface area is 186 Å². The highest BCUT2D eigenvalue weighted by Crippen LogP contribution is 2.33. The number of nitrogens with zero attached hydrogens (tertiary/aromatic N) is 1. The van der Waals surface area contributed by atoms with E-state index in [0.717, 1.165) is 16.7 Å². The minimum atomic E-state index is -3.80. The van der Waals surface area contributed by atoms with Gasteiger partial charge in [-0.1, -0.05) is 24.0 Å². The fourth-order valence-corrected chi connectivity index (χ4v) is 4.28. The number of hydrogen-bond acceptors (Lipinski definition) is 8. The summed E-state index contributed by atoms with van der Waals surface area (Å²) >= 11 is 6.11. The Kier molecular flexibility index (Phi) is 6.59. The number of thioether (sulfide) groups is 1. The van der Waals surface area contributed by atoms with Gasteiger partial charge in [-0.25, -0.2) is 13.6 Å². The molecule has 0 aliphatic carbocycles. The number of amides is 2. The molecule has 1 aromatic heterocycles. The number of carboxylic acid groups (broad SMARTS) is 1. The average Bonchev–Trinajstić information content (AvgIpc) is 3.26. The lowest BCUT2D eigenvalue weighted by Crippen LogP contribution is -2.41. The smallest absolute Gasteiger partial charge is 0.322 e. The number of carbonyl (C=O) groups excluding carboxylic acids is 2. The van der Waals surface area contributed by atoms with Gasteiger partial charge in [-0.15, -0.1) is 0 Å². The number of benzene rings is 1. The van der Waals surface area contributed by atoms with Gasteiger partial charge in [0.05, 0.1) is 9.80 Å². The fourth-order valence-electron chi connectivity index (χ4n) is 2.53. The number of hydrogen-bond donors (Lipinski definition) is 3. The predicted octanol–water partition coefficient (Wildman–Crippen LogP) is 0.996. The molecular weight excluding hydrogens is 466 g/mol. The first kappa shape index (κ1) is 22.7. The van der Waals surface area contributed by atoms with Gasteiger partial charge >= 0.3 is 5.97 Å². The first-order valence-electron chi connectivity index (χ1n) is 8.51. The lowest BCUT2D eigenvalue weighted by molar-refractivity contribution is -0.138. The first-order chi connectivity index (χ1) is 14.5. The molecular formula is C18H15N3O7S3. The highest BCUT2D eigenvalue weighted by Gasteiger charge is 2.33. The van der Waals surface area contributed by atoms with Gasteiger partial charge in [-0.05, 0) is 36.4 Å². The molecule has 1 fully saturated rings. The molecule has 0 spiro atoms. The van der Waals surface area contributed by atoms with E-state index in [-0.39, 0.29) is 14.1 Å². The monoisotopic (exact) mass is 481 g/mol. The molecule has 3 rings (SSSR count). The number of primary sulfonamides is 1. The van der Waals surface area contributed by atoms with Gasteiger partial charge in [0.2, 0.25) is 15.9 Å². The molecule has 162 valence electrons. The van der Waals surface area contributed by atoms with Crippen LogP contribution in [0.3, 0.4) is 0 Å². The molecule has 13 heteroatoms. The highest BCUT2D eigenvalue weighted by atomic mass is 32.2. The van der Waals surface area contributed by atoms with E-state index < -0.39 is 40.9 Å². The van der Waals surface area contributed by atoms with Crippen LogP contribution >= 0.6 is 24.0 Å². The van der Waals surface area contributed by atoms with Crippen LogP contribution in [-0.4, -0.2) is 53.6 Å². The van der Waals surface area contributed by atoms with E-state index in [4.69, 9.17) is 26.9 Å². The SMILES string of the molecule is NS(=O)(=O)c1ccc(-c2ccc(/C=C3/SC(=S)N(CC(=O)NCC(=O)O)C3=O)o2)cc1. The fraction of sp³-hybridized carbons (Fsp3) is 0.111. The van der Waals surface area contributed by atoms with E-state index in [0.29, 0.717) is 17.1 Å². The van der Waals surface area contributed by atoms with Gasteiger partial charge in [0.1, 0.15) is 28.9 Å². The molecule has 2 amide bonds. The number of nitrogens with two attached hydrogens (primary N) is 1. The summed E-state index contributed by atoms with van der Waals surface area (Å²) in [5.41, 5.74) is 0.606. The third-order valence-electron chi connectivity index (χ3n) is 3.98. The average molecular weight is 482 g/mol. The molecule has 4 N–H and O–H groups in total. The number of carbonyl (C=O) groups is 3. The van der Waals surface area contributed by atoms with Crippen molar-refractivity contribution < 1.29 is 32.3 Å². The number of thiocarbonyl (C=S) groups is 1. The Morgan fingerprint density at radius 3 is 2.52 bits per heavy atom. The van der Waals surface area contributed by atoms with Crippen LogP contribution < -0.4 is 10.5 Å². The molecule has 1 aliphatic heterocycles. The largest absolute Gasteiger partial charge is 0.480 e. The van der Waals surface area contributed by atoms with E-state index in [1.807, 2.05) is 0 Å². The maximum Gasteiger partial charge on any atom is 0.322 e. The van der Waals surface area contributed by atoms with Crippen LogP contribution in [0.1, 0.15) is 5.76 Å². The number of carboxylic acids is 1. The number of furan rings is 1. The van der Waals surface area contributed by atoms with Gasteiger partial charge < -0.3 is 14.8 Å². The second-order valence-electron chi connectivity index (χ2n) is 6.21. The molecule has 10 nitrogen and oxygen atoms in total. The number of aliphatic carboxylic acids is 1. The molecule has 1 saturated heterocycles. The molecule has 2 aromatic rings. The Morgan fingerprint density at radius 2 is 1.90 bits per heavy atom. The zero-order valence-electron chi connectivity index (χ0n) is 15.6. The summed E-state index contributed by atoms with van der Waals surface area (Å²) in [6.07, 6.45) is 1.47. The summed E-state index contributed by atoms with van der Waals surface area (Å²) < 4.78 is 28.5. The zero-order chi connectivity index (χ0) is 22.8. The minimum Gasteiger partial charge on any atom is -0.480 e. The lowest BCUT2D eigenvalue weighted by Gasteiger charge is -2.13. The molecule has 2 heterocycles. The van der Waals surface area contributed by atoms with Crippen LogP contribution in [-0.2, 0) is 24.4 Å². The van der Waals surface area contributed by atoms with E-state index >= 15 is 0 Å². The molecule has 0 unspecified atom stereocenters. The van der Waals surface area contributed by atoms with Gasteiger partial charge in [-0.2, -0.15) is 0 Å². The van der Waals surface area contributed by atoms with Gasteiger partial charge in [0, 0.05) is 11.6 Å². The van der Waals surface area contributed by atoms with Crippen molar-refractivity contribution in [3.05, 3.63) is 47.1 Å². The number of rotatable bonds is 7. The molecule has 31 heavy (non-hydrogen) atoms. The Bertz CT molecular complexity index is 1200. The third-order valence-corrected chi connectivity index (χ3v) is 6.29. The summed E-state index contributed by atoms with van der Waals surface area (Å²) in [5.74, 6) is -1.57. The van der Waals surface area contributed by atoms with E-state index in [9.17, 15) is 22.8 Å². The van der Waals surface area contributed by atoms with Crippen molar-refractivity contribution in [3.63, 3.8) is 0 Å².